The van der Waals surface area contributed by atoms with Gasteiger partial charge in [0, 0.05) is 33.8 Å². The van der Waals surface area contributed by atoms with Crippen LogP contribution in [0.15, 0.2) is 72.2 Å². The number of carbonyl (C=O) groups excluding carboxylic acids is 1. The van der Waals surface area contributed by atoms with Crippen molar-refractivity contribution in [2.45, 2.75) is 37.5 Å². The van der Waals surface area contributed by atoms with E-state index in [4.69, 9.17) is 4.99 Å². The number of hydrogen-bond donors (Lipinski definition) is 1. The molecule has 7 heteroatoms. The average Bonchev–Trinajstić information content (AvgIpc) is 2.74. The molecule has 158 valence electrons. The van der Waals surface area contributed by atoms with Crippen LogP contribution in [0.1, 0.15) is 43.1 Å². The van der Waals surface area contributed by atoms with Crippen LogP contribution in [0.2, 0.25) is 0 Å². The van der Waals surface area contributed by atoms with Gasteiger partial charge < -0.3 is 5.32 Å². The highest BCUT2D eigenvalue weighted by atomic mass is 32.2. The number of nitrogens with one attached hydrogen (secondary N) is 1. The fourth-order valence-electron chi connectivity index (χ4n) is 3.90. The molecule has 1 atom stereocenters. The van der Waals surface area contributed by atoms with Crippen molar-refractivity contribution in [1.29, 1.82) is 0 Å². The Hall–Kier alpha value is -3.06. The summed E-state index contributed by atoms with van der Waals surface area (Å²) in [5.41, 5.74) is 2.20. The van der Waals surface area contributed by atoms with Crippen LogP contribution in [-0.2, 0) is 4.75 Å². The first kappa shape index (κ1) is 21.2. The first-order valence-electron chi connectivity index (χ1n) is 9.96. The molecule has 2 aromatic carbocycles. The molecule has 1 aromatic heterocycles. The van der Waals surface area contributed by atoms with Crippen molar-refractivity contribution in [3.05, 3.63) is 84.2 Å². The zero-order chi connectivity index (χ0) is 22.1. The summed E-state index contributed by atoms with van der Waals surface area (Å²) in [6.07, 6.45) is 5.35. The normalized spacial score (nSPS) is 20.1. The lowest BCUT2D eigenvalue weighted by atomic mass is 9.85. The third-order valence-electron chi connectivity index (χ3n) is 5.20. The van der Waals surface area contributed by atoms with Crippen molar-refractivity contribution in [2.75, 3.05) is 0 Å². The number of nitrogens with zero attached hydrogens (tertiary/aromatic N) is 3. The van der Waals surface area contributed by atoms with Gasteiger partial charge >= 0.3 is 0 Å². The lowest BCUT2D eigenvalue weighted by Crippen LogP contribution is -2.41. The predicted molar refractivity (Wildman–Crippen MR) is 122 cm³/mol. The Bertz CT molecular complexity index is 1130. The minimum atomic E-state index is -0.414. The van der Waals surface area contributed by atoms with Gasteiger partial charge in [0.2, 0.25) is 0 Å². The lowest BCUT2D eigenvalue weighted by molar-refractivity contribution is 0.0977. The van der Waals surface area contributed by atoms with Gasteiger partial charge in [-0.3, -0.25) is 9.79 Å². The van der Waals surface area contributed by atoms with Gasteiger partial charge in [0.1, 0.15) is 12.1 Å². The van der Waals surface area contributed by atoms with E-state index in [0.717, 1.165) is 12.0 Å². The van der Waals surface area contributed by atoms with Gasteiger partial charge in [-0.1, -0.05) is 36.0 Å². The van der Waals surface area contributed by atoms with E-state index in [9.17, 15) is 9.18 Å². The number of thioether (sulfide) groups is 1. The second-order valence-corrected chi connectivity index (χ2v) is 9.87. The highest BCUT2D eigenvalue weighted by molar-refractivity contribution is 8.14. The number of amidine groups is 1. The predicted octanol–water partition coefficient (Wildman–Crippen LogP) is 5.20. The van der Waals surface area contributed by atoms with Crippen LogP contribution in [0.5, 0.6) is 0 Å². The minimum Gasteiger partial charge on any atom is -0.301 e. The van der Waals surface area contributed by atoms with E-state index in [1.165, 1.54) is 24.2 Å². The molecular formula is C24H23FN4OS. The minimum absolute atomic E-state index is 0.201. The van der Waals surface area contributed by atoms with Crippen LogP contribution < -0.4 is 5.32 Å². The maximum atomic E-state index is 14.6. The molecule has 4 rings (SSSR count). The van der Waals surface area contributed by atoms with Crippen molar-refractivity contribution >= 4 is 22.8 Å². The monoisotopic (exact) mass is 434 g/mol. The average molecular weight is 435 g/mol. The number of hydrogen-bond acceptors (Lipinski definition) is 5. The smallest absolute Gasteiger partial charge is 0.257 e. The van der Waals surface area contributed by atoms with Crippen molar-refractivity contribution in [1.82, 2.24) is 15.3 Å². The Balaban J connectivity index is 1.66. The van der Waals surface area contributed by atoms with Crippen LogP contribution in [-0.4, -0.2) is 26.6 Å². The first-order chi connectivity index (χ1) is 14.8. The maximum Gasteiger partial charge on any atom is 0.257 e. The lowest BCUT2D eigenvalue weighted by Gasteiger charge is -2.40. The van der Waals surface area contributed by atoms with Gasteiger partial charge in [-0.2, -0.15) is 0 Å². The fraction of sp³-hybridized carbons (Fsp3) is 0.250. The van der Waals surface area contributed by atoms with Gasteiger partial charge in [0.05, 0.1) is 5.54 Å². The summed E-state index contributed by atoms with van der Waals surface area (Å²) in [7, 11) is 0. The molecule has 1 amide bonds. The molecule has 0 saturated carbocycles. The fourth-order valence-corrected chi connectivity index (χ4v) is 5.43. The van der Waals surface area contributed by atoms with Gasteiger partial charge in [-0.25, -0.2) is 14.4 Å². The van der Waals surface area contributed by atoms with Crippen molar-refractivity contribution in [3.8, 4) is 11.1 Å². The third-order valence-corrected chi connectivity index (χ3v) is 6.42. The van der Waals surface area contributed by atoms with Crippen LogP contribution >= 0.6 is 11.8 Å². The summed E-state index contributed by atoms with van der Waals surface area (Å²) in [5, 5.41) is 3.51. The second kappa shape index (κ2) is 8.23. The summed E-state index contributed by atoms with van der Waals surface area (Å²) in [6.45, 7) is 6.17. The number of halogens is 1. The SMILES string of the molecule is CC1(C)C[C@@](C)(c2ccc(F)c(-c3cncnc3)c2)SC(NC(=O)c2ccccc2)=N1. The van der Waals surface area contributed by atoms with E-state index in [1.54, 1.807) is 30.6 Å². The molecule has 1 aliphatic heterocycles. The zero-order valence-corrected chi connectivity index (χ0v) is 18.4. The molecule has 1 aliphatic rings. The quantitative estimate of drug-likeness (QED) is 0.615. The molecule has 0 fully saturated rings. The standard InChI is InChI=1S/C24H23FN4OS/c1-23(2)14-24(3,31-22(29-23)28-21(30)16-7-5-4-6-8-16)18-9-10-20(25)19(11-18)17-12-26-15-27-13-17/h4-13,15H,14H2,1-3H3,(H,28,29,30)/t24-/m0/s1. The van der Waals surface area contributed by atoms with E-state index < -0.39 is 10.3 Å². The van der Waals surface area contributed by atoms with Crippen molar-refractivity contribution < 1.29 is 9.18 Å². The Morgan fingerprint density at radius 1 is 1.06 bits per heavy atom. The number of benzene rings is 2. The van der Waals surface area contributed by atoms with E-state index in [-0.39, 0.29) is 11.7 Å². The van der Waals surface area contributed by atoms with Crippen LogP contribution in [0.4, 0.5) is 4.39 Å². The number of aliphatic imine (C=N–C) groups is 1. The molecule has 0 spiro atoms. The number of aromatic nitrogens is 2. The molecule has 31 heavy (non-hydrogen) atoms. The van der Waals surface area contributed by atoms with E-state index in [2.05, 4.69) is 22.2 Å². The summed E-state index contributed by atoms with van der Waals surface area (Å²) in [4.78, 5) is 25.5. The van der Waals surface area contributed by atoms with Gasteiger partial charge in [-0.05, 0) is 57.0 Å². The highest BCUT2D eigenvalue weighted by Gasteiger charge is 2.41. The number of carbonyl (C=O) groups is 1. The van der Waals surface area contributed by atoms with Crippen molar-refractivity contribution in [3.63, 3.8) is 0 Å². The highest BCUT2D eigenvalue weighted by Crippen LogP contribution is 2.48. The van der Waals surface area contributed by atoms with Crippen LogP contribution in [0.3, 0.4) is 0 Å². The molecule has 5 nitrogen and oxygen atoms in total. The van der Waals surface area contributed by atoms with Crippen molar-refractivity contribution in [2.24, 2.45) is 4.99 Å². The Morgan fingerprint density at radius 3 is 2.48 bits per heavy atom. The van der Waals surface area contributed by atoms with Gasteiger partial charge in [0.15, 0.2) is 5.17 Å². The second-order valence-electron chi connectivity index (χ2n) is 8.38. The molecule has 0 aliphatic carbocycles. The Kier molecular flexibility index (Phi) is 5.62. The molecule has 0 radical (unpaired) electrons. The Labute approximate surface area is 185 Å². The van der Waals surface area contributed by atoms with E-state index >= 15 is 0 Å². The maximum absolute atomic E-state index is 14.6. The van der Waals surface area contributed by atoms with Gasteiger partial charge in [0.25, 0.3) is 5.91 Å². The number of amides is 1. The molecule has 1 N–H and O–H groups in total. The molecule has 0 bridgehead atoms. The molecular weight excluding hydrogens is 411 g/mol. The van der Waals surface area contributed by atoms with E-state index in [1.807, 2.05) is 38.1 Å². The van der Waals surface area contributed by atoms with E-state index in [0.29, 0.717) is 21.9 Å². The summed E-state index contributed by atoms with van der Waals surface area (Å²) >= 11 is 1.49. The Morgan fingerprint density at radius 2 is 1.77 bits per heavy atom. The largest absolute Gasteiger partial charge is 0.301 e. The topological polar surface area (TPSA) is 67.2 Å². The van der Waals surface area contributed by atoms with Gasteiger partial charge in [-0.15, -0.1) is 0 Å². The third kappa shape index (κ3) is 4.66. The number of rotatable bonds is 3. The first-order valence-corrected chi connectivity index (χ1v) is 10.8. The van der Waals surface area contributed by atoms with Crippen LogP contribution in [0, 0.1) is 5.82 Å². The molecule has 0 unspecified atom stereocenters. The van der Waals surface area contributed by atoms with Crippen LogP contribution in [0.25, 0.3) is 11.1 Å². The molecule has 2 heterocycles. The summed E-state index contributed by atoms with van der Waals surface area (Å²) in [6, 6.07) is 14.2. The molecule has 3 aromatic rings. The summed E-state index contributed by atoms with van der Waals surface area (Å²) in [5.74, 6) is -0.526. The summed E-state index contributed by atoms with van der Waals surface area (Å²) < 4.78 is 14.2. The zero-order valence-electron chi connectivity index (χ0n) is 17.6. The molecule has 0 saturated heterocycles.